The number of carbonyl (C=O) groups is 3. The summed E-state index contributed by atoms with van der Waals surface area (Å²) in [5.41, 5.74) is 0.320. The van der Waals surface area contributed by atoms with Gasteiger partial charge in [0.2, 0.25) is 6.10 Å². The molecule has 0 fully saturated rings. The van der Waals surface area contributed by atoms with Crippen LogP contribution in [0.15, 0.2) is 24.3 Å². The molecular weight excluding hydrogens is 324 g/mol. The third-order valence-corrected chi connectivity index (χ3v) is 2.71. The van der Waals surface area contributed by atoms with Crippen molar-refractivity contribution in [3.05, 3.63) is 29.8 Å². The van der Waals surface area contributed by atoms with Gasteiger partial charge in [0.25, 0.3) is 0 Å². The maximum absolute atomic E-state index is 11.6. The SMILES string of the molecule is CCOC(=O)C(O)C(OC(=O)/C=C/c1ccc(O)c(O)c1)C(=O)O. The maximum Gasteiger partial charge on any atom is 0.348 e. The average Bonchev–Trinajstić information content (AvgIpc) is 2.53. The minimum atomic E-state index is -2.17. The van der Waals surface area contributed by atoms with E-state index in [0.717, 1.165) is 12.1 Å². The maximum atomic E-state index is 11.6. The first kappa shape index (κ1) is 19.0. The Bertz CT molecular complexity index is 650. The fourth-order valence-corrected chi connectivity index (χ4v) is 1.57. The average molecular weight is 340 g/mol. The second-order valence-corrected chi connectivity index (χ2v) is 4.47. The van der Waals surface area contributed by atoms with E-state index in [0.29, 0.717) is 5.56 Å². The number of carbonyl (C=O) groups excluding carboxylic acids is 2. The summed E-state index contributed by atoms with van der Waals surface area (Å²) >= 11 is 0. The molecule has 2 atom stereocenters. The van der Waals surface area contributed by atoms with Crippen LogP contribution in [0.2, 0.25) is 0 Å². The lowest BCUT2D eigenvalue weighted by Gasteiger charge is -2.17. The Balaban J connectivity index is 2.78. The van der Waals surface area contributed by atoms with E-state index in [4.69, 9.17) is 10.2 Å². The summed E-state index contributed by atoms with van der Waals surface area (Å²) in [6.45, 7) is 1.38. The molecule has 9 nitrogen and oxygen atoms in total. The van der Waals surface area contributed by atoms with Crippen LogP contribution in [0.5, 0.6) is 11.5 Å². The summed E-state index contributed by atoms with van der Waals surface area (Å²) in [4.78, 5) is 34.0. The van der Waals surface area contributed by atoms with Crippen molar-refractivity contribution in [1.29, 1.82) is 0 Å². The van der Waals surface area contributed by atoms with Gasteiger partial charge in [-0.3, -0.25) is 0 Å². The fourth-order valence-electron chi connectivity index (χ4n) is 1.57. The Morgan fingerprint density at radius 2 is 1.88 bits per heavy atom. The number of aliphatic carboxylic acids is 1. The van der Waals surface area contributed by atoms with Crippen LogP contribution in [-0.4, -0.2) is 57.1 Å². The fraction of sp³-hybridized carbons (Fsp3) is 0.267. The van der Waals surface area contributed by atoms with Crippen LogP contribution in [-0.2, 0) is 23.9 Å². The highest BCUT2D eigenvalue weighted by atomic mass is 16.6. The lowest BCUT2D eigenvalue weighted by Crippen LogP contribution is -2.43. The van der Waals surface area contributed by atoms with E-state index in [1.807, 2.05) is 0 Å². The van der Waals surface area contributed by atoms with Crippen molar-refractivity contribution in [1.82, 2.24) is 0 Å². The molecule has 0 saturated carbocycles. The van der Waals surface area contributed by atoms with Crippen LogP contribution in [0.25, 0.3) is 6.08 Å². The molecule has 0 spiro atoms. The zero-order chi connectivity index (χ0) is 18.3. The number of phenolic OH excluding ortho intramolecular Hbond substituents is 2. The number of hydrogen-bond donors (Lipinski definition) is 4. The molecule has 0 heterocycles. The lowest BCUT2D eigenvalue weighted by atomic mass is 10.2. The number of rotatable bonds is 7. The standard InChI is InChI=1S/C15H16O9/c1-2-23-15(22)12(19)13(14(20)21)24-11(18)6-4-8-3-5-9(16)10(17)7-8/h3-7,12-13,16-17,19H,2H2,1H3,(H,20,21)/b6-4+. The molecule has 1 rings (SSSR count). The quantitative estimate of drug-likeness (QED) is 0.306. The summed E-state index contributed by atoms with van der Waals surface area (Å²) in [5, 5.41) is 37.0. The molecule has 130 valence electrons. The first-order chi connectivity index (χ1) is 11.3. The number of ether oxygens (including phenoxy) is 2. The van der Waals surface area contributed by atoms with Crippen molar-refractivity contribution >= 4 is 24.0 Å². The molecule has 0 aliphatic heterocycles. The third kappa shape index (κ3) is 5.29. The zero-order valence-corrected chi connectivity index (χ0v) is 12.6. The first-order valence-electron chi connectivity index (χ1n) is 6.74. The van der Waals surface area contributed by atoms with Crippen LogP contribution in [0, 0.1) is 0 Å². The van der Waals surface area contributed by atoms with E-state index in [1.165, 1.54) is 25.1 Å². The monoisotopic (exact) mass is 340 g/mol. The molecule has 0 radical (unpaired) electrons. The van der Waals surface area contributed by atoms with Gasteiger partial charge in [0.05, 0.1) is 6.61 Å². The van der Waals surface area contributed by atoms with Crippen molar-refractivity contribution in [3.63, 3.8) is 0 Å². The van der Waals surface area contributed by atoms with Crippen LogP contribution in [0.4, 0.5) is 0 Å². The van der Waals surface area contributed by atoms with Crippen molar-refractivity contribution in [3.8, 4) is 11.5 Å². The molecule has 2 unspecified atom stereocenters. The Labute approximate surface area is 136 Å². The van der Waals surface area contributed by atoms with Crippen LogP contribution in [0.3, 0.4) is 0 Å². The van der Waals surface area contributed by atoms with Gasteiger partial charge in [0.1, 0.15) is 0 Å². The van der Waals surface area contributed by atoms with Gasteiger partial charge < -0.3 is 29.9 Å². The molecule has 0 bridgehead atoms. The van der Waals surface area contributed by atoms with Gasteiger partial charge in [-0.05, 0) is 30.7 Å². The highest BCUT2D eigenvalue weighted by Gasteiger charge is 2.36. The Kier molecular flexibility index (Phi) is 6.75. The van der Waals surface area contributed by atoms with E-state index >= 15 is 0 Å². The highest BCUT2D eigenvalue weighted by molar-refractivity contribution is 5.91. The predicted molar refractivity (Wildman–Crippen MR) is 79.0 cm³/mol. The number of hydrogen-bond acceptors (Lipinski definition) is 8. The number of carboxylic acid groups (broad SMARTS) is 1. The smallest absolute Gasteiger partial charge is 0.348 e. The van der Waals surface area contributed by atoms with E-state index in [9.17, 15) is 24.6 Å². The van der Waals surface area contributed by atoms with Crippen LogP contribution < -0.4 is 0 Å². The number of benzene rings is 1. The molecule has 1 aromatic carbocycles. The molecule has 0 aromatic heterocycles. The number of phenols is 2. The van der Waals surface area contributed by atoms with E-state index in [2.05, 4.69) is 9.47 Å². The molecule has 9 heteroatoms. The summed E-state index contributed by atoms with van der Waals surface area (Å²) < 4.78 is 8.99. The van der Waals surface area contributed by atoms with Crippen molar-refractivity contribution < 1.29 is 44.3 Å². The molecule has 4 N–H and O–H groups in total. The second kappa shape index (κ2) is 8.53. The van der Waals surface area contributed by atoms with Gasteiger partial charge in [-0.1, -0.05) is 6.07 Å². The lowest BCUT2D eigenvalue weighted by molar-refractivity contribution is -0.178. The van der Waals surface area contributed by atoms with E-state index < -0.39 is 35.9 Å². The Hall–Kier alpha value is -3.07. The number of aromatic hydroxyl groups is 2. The summed E-state index contributed by atoms with van der Waals surface area (Å²) in [7, 11) is 0. The van der Waals surface area contributed by atoms with Gasteiger partial charge in [0, 0.05) is 6.08 Å². The van der Waals surface area contributed by atoms with Crippen molar-refractivity contribution in [2.45, 2.75) is 19.1 Å². The largest absolute Gasteiger partial charge is 0.504 e. The molecular formula is C15H16O9. The minimum absolute atomic E-state index is 0.0829. The number of aliphatic hydroxyl groups is 1. The molecule has 0 aliphatic carbocycles. The summed E-state index contributed by atoms with van der Waals surface area (Å²) in [5.74, 6) is -4.85. The molecule has 24 heavy (non-hydrogen) atoms. The number of esters is 2. The van der Waals surface area contributed by atoms with Gasteiger partial charge in [-0.25, -0.2) is 14.4 Å². The first-order valence-corrected chi connectivity index (χ1v) is 6.74. The van der Waals surface area contributed by atoms with Gasteiger partial charge >= 0.3 is 17.9 Å². The van der Waals surface area contributed by atoms with Crippen LogP contribution in [0.1, 0.15) is 12.5 Å². The number of aliphatic hydroxyl groups excluding tert-OH is 1. The predicted octanol–water partition coefficient (Wildman–Crippen LogP) is 0.0314. The molecule has 0 aliphatic rings. The van der Waals surface area contributed by atoms with E-state index in [1.54, 1.807) is 0 Å². The highest BCUT2D eigenvalue weighted by Crippen LogP contribution is 2.25. The Morgan fingerprint density at radius 3 is 2.42 bits per heavy atom. The molecule has 0 amide bonds. The van der Waals surface area contributed by atoms with Crippen LogP contribution >= 0.6 is 0 Å². The van der Waals surface area contributed by atoms with Gasteiger partial charge in [-0.15, -0.1) is 0 Å². The third-order valence-electron chi connectivity index (χ3n) is 2.71. The van der Waals surface area contributed by atoms with Crippen molar-refractivity contribution in [2.24, 2.45) is 0 Å². The summed E-state index contributed by atoms with van der Waals surface area (Å²) in [6, 6.07) is 3.72. The zero-order valence-electron chi connectivity index (χ0n) is 12.6. The second-order valence-electron chi connectivity index (χ2n) is 4.47. The topological polar surface area (TPSA) is 151 Å². The number of carboxylic acids is 1. The summed E-state index contributed by atoms with van der Waals surface area (Å²) in [6.07, 6.45) is -2.29. The van der Waals surface area contributed by atoms with Gasteiger partial charge in [0.15, 0.2) is 17.6 Å². The molecule has 1 aromatic rings. The normalized spacial score (nSPS) is 13.2. The Morgan fingerprint density at radius 1 is 1.21 bits per heavy atom. The molecule has 0 saturated heterocycles. The van der Waals surface area contributed by atoms with Gasteiger partial charge in [-0.2, -0.15) is 0 Å². The minimum Gasteiger partial charge on any atom is -0.504 e. The van der Waals surface area contributed by atoms with Crippen molar-refractivity contribution in [2.75, 3.05) is 6.61 Å². The van der Waals surface area contributed by atoms with E-state index in [-0.39, 0.29) is 12.4 Å².